The SMILES string of the molecule is Cc1cc(N2CC(C(O)C(F)(F)F)C2)nc2c1c(=O)c(C(=O)O)cn2-c1ncns1. The maximum atomic E-state index is 12.7. The number of hydrogen-bond donors (Lipinski definition) is 2. The van der Waals surface area contributed by atoms with E-state index in [2.05, 4.69) is 14.3 Å². The standard InChI is InChI=1S/C17H14F3N5O4S/c1-7-2-10(24-3-8(4-24)13(27)17(18,19)20)23-14-11(7)12(26)9(15(28)29)5-25(14)16-21-6-22-30-16/h2,5-6,8,13,27H,3-4H2,1H3,(H,28,29). The second kappa shape index (κ2) is 7.02. The van der Waals surface area contributed by atoms with E-state index in [4.69, 9.17) is 0 Å². The van der Waals surface area contributed by atoms with Crippen LogP contribution in [-0.4, -0.2) is 60.5 Å². The molecule has 4 rings (SSSR count). The minimum atomic E-state index is -4.70. The molecule has 13 heteroatoms. The van der Waals surface area contributed by atoms with E-state index < -0.39 is 35.2 Å². The fourth-order valence-corrected chi connectivity index (χ4v) is 3.89. The highest BCUT2D eigenvalue weighted by atomic mass is 32.1. The van der Waals surface area contributed by atoms with Crippen molar-refractivity contribution in [2.45, 2.75) is 19.2 Å². The number of pyridine rings is 2. The molecule has 0 aromatic carbocycles. The Kier molecular flexibility index (Phi) is 4.73. The third-order valence-electron chi connectivity index (χ3n) is 4.94. The number of hydrogen-bond acceptors (Lipinski definition) is 8. The number of aryl methyl sites for hydroxylation is 1. The highest BCUT2D eigenvalue weighted by Gasteiger charge is 2.48. The first-order chi connectivity index (χ1) is 14.1. The van der Waals surface area contributed by atoms with Crippen LogP contribution in [0.1, 0.15) is 15.9 Å². The number of aromatic carboxylic acids is 1. The molecule has 0 aliphatic carbocycles. The summed E-state index contributed by atoms with van der Waals surface area (Å²) in [6.07, 6.45) is -4.75. The van der Waals surface area contributed by atoms with Gasteiger partial charge in [-0.2, -0.15) is 17.5 Å². The molecule has 158 valence electrons. The van der Waals surface area contributed by atoms with E-state index in [0.717, 1.165) is 17.7 Å². The van der Waals surface area contributed by atoms with Gasteiger partial charge < -0.3 is 15.1 Å². The molecule has 0 spiro atoms. The zero-order valence-corrected chi connectivity index (χ0v) is 16.1. The van der Waals surface area contributed by atoms with Crippen molar-refractivity contribution in [3.63, 3.8) is 0 Å². The molecule has 0 radical (unpaired) electrons. The van der Waals surface area contributed by atoms with E-state index >= 15 is 0 Å². The lowest BCUT2D eigenvalue weighted by molar-refractivity contribution is -0.221. The van der Waals surface area contributed by atoms with Crippen LogP contribution in [0.25, 0.3) is 16.2 Å². The molecule has 1 aliphatic rings. The fourth-order valence-electron chi connectivity index (χ4n) is 3.38. The first-order valence-electron chi connectivity index (χ1n) is 8.65. The number of carbonyl (C=O) groups is 1. The van der Waals surface area contributed by atoms with Crippen molar-refractivity contribution in [2.75, 3.05) is 18.0 Å². The normalized spacial score (nSPS) is 16.0. The van der Waals surface area contributed by atoms with E-state index in [1.54, 1.807) is 11.8 Å². The summed E-state index contributed by atoms with van der Waals surface area (Å²) in [5.41, 5.74) is -0.644. The summed E-state index contributed by atoms with van der Waals surface area (Å²) < 4.78 is 43.3. The molecule has 4 heterocycles. The number of alkyl halides is 3. The molecule has 1 aliphatic heterocycles. The Morgan fingerprint density at radius 1 is 1.37 bits per heavy atom. The molecule has 1 unspecified atom stereocenters. The number of aliphatic hydroxyl groups excluding tert-OH is 1. The van der Waals surface area contributed by atoms with E-state index in [9.17, 15) is 33.0 Å². The molecule has 0 bridgehead atoms. The average molecular weight is 441 g/mol. The van der Waals surface area contributed by atoms with E-state index in [-0.39, 0.29) is 29.3 Å². The van der Waals surface area contributed by atoms with Gasteiger partial charge in [-0.15, -0.1) is 0 Å². The van der Waals surface area contributed by atoms with Crippen LogP contribution in [0.4, 0.5) is 19.0 Å². The molecular formula is C17H14F3N5O4S. The van der Waals surface area contributed by atoms with Gasteiger partial charge in [0.1, 0.15) is 17.7 Å². The first-order valence-corrected chi connectivity index (χ1v) is 9.42. The first kappa shape index (κ1) is 20.2. The van der Waals surface area contributed by atoms with Gasteiger partial charge in [0.2, 0.25) is 10.6 Å². The Balaban J connectivity index is 1.81. The Hall–Kier alpha value is -3.06. The summed E-state index contributed by atoms with van der Waals surface area (Å²) in [5, 5.41) is 19.1. The van der Waals surface area contributed by atoms with Crippen molar-refractivity contribution in [3.05, 3.63) is 39.9 Å². The minimum absolute atomic E-state index is 0.0606. The highest BCUT2D eigenvalue weighted by molar-refractivity contribution is 7.08. The maximum Gasteiger partial charge on any atom is 0.414 e. The van der Waals surface area contributed by atoms with Crippen molar-refractivity contribution >= 4 is 34.4 Å². The van der Waals surface area contributed by atoms with E-state index in [0.29, 0.717) is 11.4 Å². The smallest absolute Gasteiger partial charge is 0.414 e. The molecule has 30 heavy (non-hydrogen) atoms. The van der Waals surface area contributed by atoms with Gasteiger partial charge in [0.05, 0.1) is 5.39 Å². The molecule has 1 saturated heterocycles. The van der Waals surface area contributed by atoms with Gasteiger partial charge in [0.25, 0.3) is 0 Å². The molecular weight excluding hydrogens is 427 g/mol. The summed E-state index contributed by atoms with van der Waals surface area (Å²) in [5.74, 6) is -2.08. The van der Waals surface area contributed by atoms with Crippen LogP contribution < -0.4 is 10.3 Å². The zero-order valence-electron chi connectivity index (χ0n) is 15.3. The molecule has 0 saturated carbocycles. The lowest BCUT2D eigenvalue weighted by Crippen LogP contribution is -2.56. The molecule has 3 aromatic rings. The number of nitrogens with zero attached hydrogens (tertiary/aromatic N) is 5. The summed E-state index contributed by atoms with van der Waals surface area (Å²) in [4.78, 5) is 34.2. The third-order valence-corrected chi connectivity index (χ3v) is 5.61. The quantitative estimate of drug-likeness (QED) is 0.626. The van der Waals surface area contributed by atoms with Gasteiger partial charge in [-0.25, -0.2) is 14.8 Å². The molecule has 0 amide bonds. The Morgan fingerprint density at radius 3 is 2.63 bits per heavy atom. The predicted octanol–water partition coefficient (Wildman–Crippen LogP) is 1.60. The van der Waals surface area contributed by atoms with Crippen molar-refractivity contribution in [1.29, 1.82) is 0 Å². The second-order valence-corrected chi connectivity index (χ2v) is 7.68. The van der Waals surface area contributed by atoms with Crippen molar-refractivity contribution in [1.82, 2.24) is 18.9 Å². The van der Waals surface area contributed by atoms with Crippen LogP contribution in [0.3, 0.4) is 0 Å². The number of aliphatic hydroxyl groups is 1. The van der Waals surface area contributed by atoms with Gasteiger partial charge in [-0.3, -0.25) is 9.36 Å². The predicted molar refractivity (Wildman–Crippen MR) is 100 cm³/mol. The van der Waals surface area contributed by atoms with Crippen LogP contribution in [0, 0.1) is 12.8 Å². The number of anilines is 1. The summed E-state index contributed by atoms with van der Waals surface area (Å²) in [6.45, 7) is 1.47. The molecule has 3 aromatic heterocycles. The van der Waals surface area contributed by atoms with Crippen LogP contribution >= 0.6 is 11.5 Å². The Morgan fingerprint density at radius 2 is 2.07 bits per heavy atom. The number of fused-ring (bicyclic) bond motifs is 1. The highest BCUT2D eigenvalue weighted by Crippen LogP contribution is 2.34. The van der Waals surface area contributed by atoms with Crippen LogP contribution in [0.15, 0.2) is 23.4 Å². The molecule has 9 nitrogen and oxygen atoms in total. The zero-order chi connectivity index (χ0) is 21.8. The molecule has 2 N–H and O–H groups in total. The van der Waals surface area contributed by atoms with E-state index in [1.807, 2.05) is 0 Å². The third kappa shape index (κ3) is 3.29. The Bertz CT molecular complexity index is 1190. The van der Waals surface area contributed by atoms with Crippen molar-refractivity contribution in [2.24, 2.45) is 5.92 Å². The van der Waals surface area contributed by atoms with Gasteiger partial charge in [0, 0.05) is 36.7 Å². The van der Waals surface area contributed by atoms with Gasteiger partial charge >= 0.3 is 12.1 Å². The van der Waals surface area contributed by atoms with Crippen molar-refractivity contribution < 1.29 is 28.2 Å². The average Bonchev–Trinajstić information content (AvgIpc) is 3.13. The largest absolute Gasteiger partial charge is 0.477 e. The molecule has 1 atom stereocenters. The lowest BCUT2D eigenvalue weighted by atomic mass is 9.93. The number of carboxylic acid groups (broad SMARTS) is 1. The summed E-state index contributed by atoms with van der Waals surface area (Å²) >= 11 is 0.959. The fraction of sp³-hybridized carbons (Fsp3) is 0.353. The summed E-state index contributed by atoms with van der Waals surface area (Å²) in [6, 6.07) is 1.51. The van der Waals surface area contributed by atoms with Gasteiger partial charge in [-0.1, -0.05) is 0 Å². The topological polar surface area (TPSA) is 121 Å². The van der Waals surface area contributed by atoms with Gasteiger partial charge in [-0.05, 0) is 18.6 Å². The molecule has 1 fully saturated rings. The van der Waals surface area contributed by atoms with Crippen LogP contribution in [0.2, 0.25) is 0 Å². The van der Waals surface area contributed by atoms with Crippen LogP contribution in [-0.2, 0) is 0 Å². The summed E-state index contributed by atoms with van der Waals surface area (Å²) in [7, 11) is 0. The van der Waals surface area contributed by atoms with Crippen LogP contribution in [0.5, 0.6) is 0 Å². The monoisotopic (exact) mass is 441 g/mol. The maximum absolute atomic E-state index is 12.7. The number of carboxylic acids is 1. The minimum Gasteiger partial charge on any atom is -0.477 e. The number of halogens is 3. The van der Waals surface area contributed by atoms with E-state index in [1.165, 1.54) is 17.0 Å². The number of aromatic nitrogens is 4. The van der Waals surface area contributed by atoms with Gasteiger partial charge in [0.15, 0.2) is 11.8 Å². The number of rotatable bonds is 4. The second-order valence-electron chi connectivity index (χ2n) is 6.92. The Labute approximate surface area is 170 Å². The lowest BCUT2D eigenvalue weighted by Gasteiger charge is -2.42. The van der Waals surface area contributed by atoms with Crippen molar-refractivity contribution in [3.8, 4) is 5.13 Å².